The summed E-state index contributed by atoms with van der Waals surface area (Å²) in [6.45, 7) is 3.58. The van der Waals surface area contributed by atoms with Crippen LogP contribution < -0.4 is 14.8 Å². The molecule has 0 aromatic heterocycles. The molecule has 0 radical (unpaired) electrons. The van der Waals surface area contributed by atoms with Crippen molar-refractivity contribution in [2.24, 2.45) is 0 Å². The summed E-state index contributed by atoms with van der Waals surface area (Å²) in [5, 5.41) is 7.01. The highest BCUT2D eigenvalue weighted by Crippen LogP contribution is 2.31. The molecule has 0 heterocycles. The van der Waals surface area contributed by atoms with Crippen molar-refractivity contribution in [2.75, 3.05) is 11.9 Å². The van der Waals surface area contributed by atoms with E-state index in [4.69, 9.17) is 32.7 Å². The molecular weight excluding hydrogens is 429 g/mol. The molecule has 4 rings (SSSR count). The molecule has 0 aliphatic carbocycles. The molecule has 31 heavy (non-hydrogen) atoms. The number of fused-ring (bicyclic) bond motifs is 1. The van der Waals surface area contributed by atoms with Crippen molar-refractivity contribution in [2.45, 2.75) is 20.1 Å². The van der Waals surface area contributed by atoms with Crippen LogP contribution in [-0.4, -0.2) is 6.61 Å². The van der Waals surface area contributed by atoms with Gasteiger partial charge in [0.25, 0.3) is 0 Å². The first-order chi connectivity index (χ1) is 15.1. The van der Waals surface area contributed by atoms with E-state index in [0.717, 1.165) is 22.6 Å². The fourth-order valence-corrected chi connectivity index (χ4v) is 3.74. The lowest BCUT2D eigenvalue weighted by Gasteiger charge is -2.15. The monoisotopic (exact) mass is 451 g/mol. The number of anilines is 1. The second-order valence-corrected chi connectivity index (χ2v) is 7.95. The SMILES string of the molecule is CCOc1cc(CNc2cccc3ccccc23)ccc1OCc1ccc(Cl)c(Cl)c1. The second-order valence-electron chi connectivity index (χ2n) is 7.13. The Morgan fingerprint density at radius 2 is 1.55 bits per heavy atom. The average molecular weight is 452 g/mol. The Balaban J connectivity index is 1.48. The van der Waals surface area contributed by atoms with Gasteiger partial charge in [-0.1, -0.05) is 71.7 Å². The first-order valence-electron chi connectivity index (χ1n) is 10.2. The van der Waals surface area contributed by atoms with Gasteiger partial charge in [0.15, 0.2) is 11.5 Å². The molecule has 0 unspecified atom stereocenters. The van der Waals surface area contributed by atoms with Crippen LogP contribution in [0.3, 0.4) is 0 Å². The number of halogens is 2. The second kappa shape index (κ2) is 9.95. The van der Waals surface area contributed by atoms with E-state index >= 15 is 0 Å². The van der Waals surface area contributed by atoms with Crippen molar-refractivity contribution < 1.29 is 9.47 Å². The lowest BCUT2D eigenvalue weighted by Crippen LogP contribution is -2.03. The molecule has 0 aliphatic heterocycles. The van der Waals surface area contributed by atoms with Gasteiger partial charge < -0.3 is 14.8 Å². The van der Waals surface area contributed by atoms with E-state index in [1.807, 2.05) is 37.3 Å². The first kappa shape index (κ1) is 21.4. The van der Waals surface area contributed by atoms with E-state index in [2.05, 4.69) is 47.8 Å². The van der Waals surface area contributed by atoms with E-state index in [-0.39, 0.29) is 0 Å². The highest BCUT2D eigenvalue weighted by Gasteiger charge is 2.09. The number of nitrogens with one attached hydrogen (secondary N) is 1. The minimum Gasteiger partial charge on any atom is -0.490 e. The quantitative estimate of drug-likeness (QED) is 0.297. The van der Waals surface area contributed by atoms with Crippen molar-refractivity contribution >= 4 is 39.7 Å². The van der Waals surface area contributed by atoms with Crippen LogP contribution in [-0.2, 0) is 13.2 Å². The summed E-state index contributed by atoms with van der Waals surface area (Å²) in [6.07, 6.45) is 0. The number of ether oxygens (including phenoxy) is 2. The number of rotatable bonds is 8. The van der Waals surface area contributed by atoms with Gasteiger partial charge >= 0.3 is 0 Å². The fraction of sp³-hybridized carbons (Fsp3) is 0.154. The van der Waals surface area contributed by atoms with Crippen LogP contribution in [0.15, 0.2) is 78.9 Å². The summed E-state index contributed by atoms with van der Waals surface area (Å²) in [7, 11) is 0. The topological polar surface area (TPSA) is 30.5 Å². The molecule has 1 N–H and O–H groups in total. The zero-order valence-corrected chi connectivity index (χ0v) is 18.7. The normalized spacial score (nSPS) is 10.8. The summed E-state index contributed by atoms with van der Waals surface area (Å²) >= 11 is 12.1. The molecule has 158 valence electrons. The zero-order valence-electron chi connectivity index (χ0n) is 17.2. The van der Waals surface area contributed by atoms with Gasteiger partial charge in [-0.15, -0.1) is 0 Å². The molecule has 0 atom stereocenters. The number of hydrogen-bond acceptors (Lipinski definition) is 3. The summed E-state index contributed by atoms with van der Waals surface area (Å²) in [4.78, 5) is 0. The van der Waals surface area contributed by atoms with Crippen LogP contribution in [0.5, 0.6) is 11.5 Å². The molecule has 0 amide bonds. The van der Waals surface area contributed by atoms with Crippen LogP contribution >= 0.6 is 23.2 Å². The van der Waals surface area contributed by atoms with E-state index in [9.17, 15) is 0 Å². The lowest BCUT2D eigenvalue weighted by atomic mass is 10.1. The van der Waals surface area contributed by atoms with Crippen molar-refractivity contribution in [3.63, 3.8) is 0 Å². The molecule has 0 saturated carbocycles. The Morgan fingerprint density at radius 1 is 0.742 bits per heavy atom. The predicted octanol–water partition coefficient (Wildman–Crippen LogP) is 7.74. The molecule has 4 aromatic carbocycles. The zero-order chi connectivity index (χ0) is 21.6. The third kappa shape index (κ3) is 5.25. The molecular formula is C26H23Cl2NO2. The van der Waals surface area contributed by atoms with E-state index in [1.165, 1.54) is 10.8 Å². The van der Waals surface area contributed by atoms with Gasteiger partial charge in [-0.3, -0.25) is 0 Å². The van der Waals surface area contributed by atoms with Crippen LogP contribution in [0.1, 0.15) is 18.1 Å². The van der Waals surface area contributed by atoms with Crippen molar-refractivity contribution in [3.8, 4) is 11.5 Å². The van der Waals surface area contributed by atoms with E-state index in [0.29, 0.717) is 35.6 Å². The van der Waals surface area contributed by atoms with Crippen molar-refractivity contribution in [1.29, 1.82) is 0 Å². The van der Waals surface area contributed by atoms with Gasteiger partial charge in [0.2, 0.25) is 0 Å². The minimum absolute atomic E-state index is 0.380. The Bertz CT molecular complexity index is 1190. The summed E-state index contributed by atoms with van der Waals surface area (Å²) in [5.74, 6) is 1.42. The molecule has 0 saturated heterocycles. The van der Waals surface area contributed by atoms with E-state index < -0.39 is 0 Å². The summed E-state index contributed by atoms with van der Waals surface area (Å²) in [6, 6.07) is 26.1. The Kier molecular flexibility index (Phi) is 6.86. The molecule has 4 aromatic rings. The van der Waals surface area contributed by atoms with Crippen LogP contribution in [0.25, 0.3) is 10.8 Å². The van der Waals surface area contributed by atoms with Gasteiger partial charge in [-0.2, -0.15) is 0 Å². The fourth-order valence-electron chi connectivity index (χ4n) is 3.42. The smallest absolute Gasteiger partial charge is 0.161 e. The van der Waals surface area contributed by atoms with Crippen LogP contribution in [0.4, 0.5) is 5.69 Å². The predicted molar refractivity (Wildman–Crippen MR) is 130 cm³/mol. The first-order valence-corrected chi connectivity index (χ1v) is 10.9. The Morgan fingerprint density at radius 3 is 2.39 bits per heavy atom. The highest BCUT2D eigenvalue weighted by molar-refractivity contribution is 6.42. The molecule has 0 aliphatic rings. The molecule has 0 bridgehead atoms. The maximum absolute atomic E-state index is 6.10. The average Bonchev–Trinajstić information content (AvgIpc) is 2.79. The summed E-state index contributed by atoms with van der Waals surface area (Å²) < 4.78 is 11.8. The van der Waals surface area contributed by atoms with Gasteiger partial charge in [0.1, 0.15) is 6.61 Å². The van der Waals surface area contributed by atoms with Gasteiger partial charge in [-0.05, 0) is 53.8 Å². The molecule has 5 heteroatoms. The molecule has 0 fully saturated rings. The largest absolute Gasteiger partial charge is 0.490 e. The van der Waals surface area contributed by atoms with Crippen molar-refractivity contribution in [3.05, 3.63) is 100 Å². The lowest BCUT2D eigenvalue weighted by molar-refractivity contribution is 0.269. The van der Waals surface area contributed by atoms with Gasteiger partial charge in [0, 0.05) is 17.6 Å². The Labute approximate surface area is 192 Å². The van der Waals surface area contributed by atoms with Crippen LogP contribution in [0, 0.1) is 0 Å². The Hall–Kier alpha value is -2.88. The maximum atomic E-state index is 6.10. The van der Waals surface area contributed by atoms with Gasteiger partial charge in [0.05, 0.1) is 16.7 Å². The summed E-state index contributed by atoms with van der Waals surface area (Å²) in [5.41, 5.74) is 3.16. The maximum Gasteiger partial charge on any atom is 0.161 e. The third-order valence-electron chi connectivity index (χ3n) is 4.96. The van der Waals surface area contributed by atoms with Gasteiger partial charge in [-0.25, -0.2) is 0 Å². The highest BCUT2D eigenvalue weighted by atomic mass is 35.5. The van der Waals surface area contributed by atoms with Crippen molar-refractivity contribution in [1.82, 2.24) is 0 Å². The standard InChI is InChI=1S/C26H23Cl2NO2/c1-2-30-26-15-18(16-29-24-9-5-7-20-6-3-4-8-21(20)24)11-13-25(26)31-17-19-10-12-22(27)23(28)14-19/h3-15,29H,2,16-17H2,1H3. The number of benzene rings is 4. The van der Waals surface area contributed by atoms with E-state index in [1.54, 1.807) is 6.07 Å². The third-order valence-corrected chi connectivity index (χ3v) is 5.70. The minimum atomic E-state index is 0.380. The van der Waals surface area contributed by atoms with Crippen LogP contribution in [0.2, 0.25) is 10.0 Å². The molecule has 3 nitrogen and oxygen atoms in total. The number of hydrogen-bond donors (Lipinski definition) is 1. The molecule has 0 spiro atoms.